The van der Waals surface area contributed by atoms with E-state index in [2.05, 4.69) is 16.2 Å². The molecule has 0 fully saturated rings. The van der Waals surface area contributed by atoms with E-state index < -0.39 is 6.04 Å². The molecule has 22 heavy (non-hydrogen) atoms. The van der Waals surface area contributed by atoms with Crippen LogP contribution in [0.4, 0.5) is 5.69 Å². The number of hydrazine groups is 1. The second-order valence-electron chi connectivity index (χ2n) is 4.67. The molecule has 0 aromatic heterocycles. The molecule has 1 aliphatic heterocycles. The number of benzene rings is 1. The third-order valence-corrected chi connectivity index (χ3v) is 3.39. The van der Waals surface area contributed by atoms with E-state index in [-0.39, 0.29) is 18.4 Å². The fourth-order valence-electron chi connectivity index (χ4n) is 2.09. The van der Waals surface area contributed by atoms with E-state index in [9.17, 15) is 9.59 Å². The minimum atomic E-state index is -0.700. The second-order valence-corrected chi connectivity index (χ2v) is 5.08. The van der Waals surface area contributed by atoms with Crippen molar-refractivity contribution in [1.82, 2.24) is 16.2 Å². The van der Waals surface area contributed by atoms with Crippen LogP contribution in [-0.4, -0.2) is 36.1 Å². The molecule has 3 N–H and O–H groups in total. The molecular weight excluding hydrogens is 304 g/mol. The lowest BCUT2D eigenvalue weighted by Gasteiger charge is -2.33. The average molecular weight is 322 g/mol. The van der Waals surface area contributed by atoms with Crippen LogP contribution in [0, 0.1) is 0 Å². The molecule has 0 saturated heterocycles. The van der Waals surface area contributed by atoms with Crippen LogP contribution in [0.5, 0.6) is 5.75 Å². The molecule has 1 atom stereocenters. The van der Waals surface area contributed by atoms with E-state index in [1.807, 2.05) is 13.0 Å². The number of hydrogen-bond acceptors (Lipinski definition) is 4. The van der Waals surface area contributed by atoms with Gasteiger partial charge in [-0.2, -0.15) is 0 Å². The Hall–Kier alpha value is -2.35. The number of carbonyl (C=O) groups excluding carboxylic acids is 2. The zero-order chi connectivity index (χ0) is 16.1. The quantitative estimate of drug-likeness (QED) is 0.549. The van der Waals surface area contributed by atoms with Gasteiger partial charge < -0.3 is 10.1 Å². The number of hydrogen-bond donors (Lipinski definition) is 3. The van der Waals surface area contributed by atoms with Crippen LogP contribution in [0.15, 0.2) is 24.3 Å². The molecule has 1 aliphatic rings. The zero-order valence-electron chi connectivity index (χ0n) is 12.4. The third kappa shape index (κ3) is 3.45. The van der Waals surface area contributed by atoms with E-state index >= 15 is 0 Å². The number of rotatable bonds is 3. The largest absolute Gasteiger partial charge is 0.482 e. The molecule has 0 radical (unpaired) electrons. The Morgan fingerprint density at radius 1 is 1.41 bits per heavy atom. The van der Waals surface area contributed by atoms with Crippen LogP contribution in [0.1, 0.15) is 13.8 Å². The van der Waals surface area contributed by atoms with Crippen molar-refractivity contribution in [3.63, 3.8) is 0 Å². The number of para-hydroxylation sites is 2. The fraction of sp³-hybridized carbons (Fsp3) is 0.357. The molecule has 1 aromatic rings. The first-order valence-corrected chi connectivity index (χ1v) is 7.33. The van der Waals surface area contributed by atoms with Crippen molar-refractivity contribution in [2.75, 3.05) is 18.1 Å². The van der Waals surface area contributed by atoms with Gasteiger partial charge in [-0.1, -0.05) is 12.1 Å². The molecule has 0 aliphatic carbocycles. The Morgan fingerprint density at radius 3 is 2.86 bits per heavy atom. The van der Waals surface area contributed by atoms with Gasteiger partial charge in [0.15, 0.2) is 11.7 Å². The number of amides is 2. The first kappa shape index (κ1) is 16.0. The number of thiocarbonyl (C=S) groups is 1. The smallest absolute Gasteiger partial charge is 0.265 e. The van der Waals surface area contributed by atoms with Crippen molar-refractivity contribution >= 4 is 34.8 Å². The van der Waals surface area contributed by atoms with Crippen LogP contribution in [0.3, 0.4) is 0 Å². The standard InChI is InChI=1S/C14H18N4O3S/c1-3-15-14(22)17-16-13(20)9(2)18-10-6-4-5-7-11(10)21-8-12(18)19/h4-7,9H,3,8H2,1-2H3,(H,16,20)(H2,15,17,22)/t9-/m0/s1. The van der Waals surface area contributed by atoms with Gasteiger partial charge in [-0.25, -0.2) is 0 Å². The summed E-state index contributed by atoms with van der Waals surface area (Å²) in [5.41, 5.74) is 5.66. The maximum Gasteiger partial charge on any atom is 0.265 e. The molecule has 1 aromatic carbocycles. The summed E-state index contributed by atoms with van der Waals surface area (Å²) in [5.74, 6) is -0.0567. The van der Waals surface area contributed by atoms with Gasteiger partial charge in [-0.15, -0.1) is 0 Å². The van der Waals surface area contributed by atoms with E-state index in [1.165, 1.54) is 4.90 Å². The first-order valence-electron chi connectivity index (χ1n) is 6.92. The van der Waals surface area contributed by atoms with E-state index in [0.29, 0.717) is 23.1 Å². The third-order valence-electron chi connectivity index (χ3n) is 3.15. The lowest BCUT2D eigenvalue weighted by atomic mass is 10.1. The second kappa shape index (κ2) is 7.08. The number of nitrogens with zero attached hydrogens (tertiary/aromatic N) is 1. The highest BCUT2D eigenvalue weighted by molar-refractivity contribution is 7.80. The lowest BCUT2D eigenvalue weighted by molar-refractivity contribution is -0.127. The normalized spacial score (nSPS) is 14.5. The first-order chi connectivity index (χ1) is 10.5. The molecule has 7 nitrogen and oxygen atoms in total. The van der Waals surface area contributed by atoms with Crippen molar-refractivity contribution < 1.29 is 14.3 Å². The maximum absolute atomic E-state index is 12.2. The highest BCUT2D eigenvalue weighted by atomic mass is 32.1. The molecule has 8 heteroatoms. The minimum Gasteiger partial charge on any atom is -0.482 e. The monoisotopic (exact) mass is 322 g/mol. The summed E-state index contributed by atoms with van der Waals surface area (Å²) in [7, 11) is 0. The van der Waals surface area contributed by atoms with Crippen LogP contribution in [0.2, 0.25) is 0 Å². The zero-order valence-corrected chi connectivity index (χ0v) is 13.2. The highest BCUT2D eigenvalue weighted by Crippen LogP contribution is 2.32. The summed E-state index contributed by atoms with van der Waals surface area (Å²) >= 11 is 4.96. The topological polar surface area (TPSA) is 82.7 Å². The molecule has 1 heterocycles. The van der Waals surface area contributed by atoms with Crippen LogP contribution >= 0.6 is 12.2 Å². The summed E-state index contributed by atoms with van der Waals surface area (Å²) in [5, 5.41) is 3.17. The summed E-state index contributed by atoms with van der Waals surface area (Å²) in [6.45, 7) is 4.10. The molecule has 118 valence electrons. The number of ether oxygens (including phenoxy) is 1. The molecule has 0 saturated carbocycles. The molecule has 0 bridgehead atoms. The Morgan fingerprint density at radius 2 is 2.14 bits per heavy atom. The van der Waals surface area contributed by atoms with Gasteiger partial charge in [0, 0.05) is 6.54 Å². The van der Waals surface area contributed by atoms with E-state index in [1.54, 1.807) is 25.1 Å². The predicted molar refractivity (Wildman–Crippen MR) is 86.4 cm³/mol. The van der Waals surface area contributed by atoms with Gasteiger partial charge >= 0.3 is 0 Å². The molecule has 2 rings (SSSR count). The highest BCUT2D eigenvalue weighted by Gasteiger charge is 2.32. The number of fused-ring (bicyclic) bond motifs is 1. The van der Waals surface area contributed by atoms with Crippen molar-refractivity contribution in [3.05, 3.63) is 24.3 Å². The van der Waals surface area contributed by atoms with E-state index in [0.717, 1.165) is 0 Å². The van der Waals surface area contributed by atoms with Crippen LogP contribution in [-0.2, 0) is 9.59 Å². The SMILES string of the molecule is CCNC(=S)NNC(=O)[C@H](C)N1C(=O)COc2ccccc21. The molecule has 0 spiro atoms. The van der Waals surface area contributed by atoms with Crippen molar-refractivity contribution in [2.45, 2.75) is 19.9 Å². The predicted octanol–water partition coefficient (Wildman–Crippen LogP) is 0.316. The molecular formula is C14H18N4O3S. The lowest BCUT2D eigenvalue weighted by Crippen LogP contribution is -2.56. The summed E-state index contributed by atoms with van der Waals surface area (Å²) in [6, 6.07) is 6.41. The number of anilines is 1. The van der Waals surface area contributed by atoms with Crippen molar-refractivity contribution in [3.8, 4) is 5.75 Å². The Kier molecular flexibility index (Phi) is 5.16. The van der Waals surface area contributed by atoms with Crippen LogP contribution < -0.4 is 25.8 Å². The van der Waals surface area contributed by atoms with Crippen molar-refractivity contribution in [1.29, 1.82) is 0 Å². The Bertz CT molecular complexity index is 593. The number of nitrogens with one attached hydrogen (secondary N) is 3. The molecule has 2 amide bonds. The minimum absolute atomic E-state index is 0.0855. The van der Waals surface area contributed by atoms with Gasteiger partial charge in [0.25, 0.3) is 11.8 Å². The van der Waals surface area contributed by atoms with Gasteiger partial charge in [0.05, 0.1) is 5.69 Å². The van der Waals surface area contributed by atoms with Crippen LogP contribution in [0.25, 0.3) is 0 Å². The van der Waals surface area contributed by atoms with E-state index in [4.69, 9.17) is 17.0 Å². The summed E-state index contributed by atoms with van der Waals surface area (Å²) in [4.78, 5) is 25.7. The average Bonchev–Trinajstić information content (AvgIpc) is 2.52. The van der Waals surface area contributed by atoms with Gasteiger partial charge in [0.1, 0.15) is 11.8 Å². The van der Waals surface area contributed by atoms with Crippen molar-refractivity contribution in [2.24, 2.45) is 0 Å². The Labute approximate surface area is 134 Å². The molecule has 0 unspecified atom stereocenters. The van der Waals surface area contributed by atoms with Gasteiger partial charge in [0.2, 0.25) is 0 Å². The Balaban J connectivity index is 2.08. The summed E-state index contributed by atoms with van der Waals surface area (Å²) in [6.07, 6.45) is 0. The van der Waals surface area contributed by atoms with Gasteiger partial charge in [-0.3, -0.25) is 25.3 Å². The number of carbonyl (C=O) groups is 2. The van der Waals surface area contributed by atoms with Gasteiger partial charge in [-0.05, 0) is 38.2 Å². The summed E-state index contributed by atoms with van der Waals surface area (Å²) < 4.78 is 5.36. The fourth-order valence-corrected chi connectivity index (χ4v) is 2.29. The maximum atomic E-state index is 12.2.